The summed E-state index contributed by atoms with van der Waals surface area (Å²) in [6, 6.07) is 8.61. The van der Waals surface area contributed by atoms with E-state index in [1.807, 2.05) is 6.07 Å². The van der Waals surface area contributed by atoms with E-state index in [0.717, 1.165) is 18.9 Å². The van der Waals surface area contributed by atoms with Gasteiger partial charge >= 0.3 is 0 Å². The number of nitrogens with zero attached hydrogens (tertiary/aromatic N) is 2. The number of benzene rings is 1. The van der Waals surface area contributed by atoms with Gasteiger partial charge in [0.1, 0.15) is 5.82 Å². The molecule has 0 atom stereocenters. The summed E-state index contributed by atoms with van der Waals surface area (Å²) in [4.78, 5) is 18.6. The van der Waals surface area contributed by atoms with Crippen molar-refractivity contribution in [3.05, 3.63) is 42.1 Å². The van der Waals surface area contributed by atoms with Crippen LogP contribution < -0.4 is 21.7 Å². The highest BCUT2D eigenvalue weighted by Crippen LogP contribution is 2.20. The Balaban J connectivity index is 2.11. The second-order valence-electron chi connectivity index (χ2n) is 4.88. The third-order valence-electron chi connectivity index (χ3n) is 3.44. The highest BCUT2D eigenvalue weighted by Gasteiger charge is 2.09. The van der Waals surface area contributed by atoms with Crippen LogP contribution in [0.5, 0.6) is 0 Å². The molecule has 6 nitrogen and oxygen atoms in total. The molecule has 1 heterocycles. The lowest BCUT2D eigenvalue weighted by Crippen LogP contribution is -2.23. The van der Waals surface area contributed by atoms with Crippen LogP contribution in [0.3, 0.4) is 0 Å². The topological polar surface area (TPSA) is 97.3 Å². The SMILES string of the molecule is CCN(CC)c1ccc(C(=O)Nc2ccc(N)c(N)c2)cn1. The van der Waals surface area contributed by atoms with E-state index in [-0.39, 0.29) is 5.91 Å². The molecule has 0 radical (unpaired) electrons. The smallest absolute Gasteiger partial charge is 0.257 e. The lowest BCUT2D eigenvalue weighted by molar-refractivity contribution is 0.102. The Bertz CT molecular complexity index is 650. The normalized spacial score (nSPS) is 10.3. The molecule has 1 aromatic carbocycles. The summed E-state index contributed by atoms with van der Waals surface area (Å²) in [6.45, 7) is 5.88. The van der Waals surface area contributed by atoms with Crippen LogP contribution in [-0.2, 0) is 0 Å². The molecule has 0 fully saturated rings. The number of nitrogens with one attached hydrogen (secondary N) is 1. The monoisotopic (exact) mass is 299 g/mol. The number of carbonyl (C=O) groups excluding carboxylic acids is 1. The first kappa shape index (κ1) is 15.6. The molecule has 0 saturated heterocycles. The Morgan fingerprint density at radius 1 is 1.14 bits per heavy atom. The van der Waals surface area contributed by atoms with Crippen molar-refractivity contribution < 1.29 is 4.79 Å². The van der Waals surface area contributed by atoms with Gasteiger partial charge in [-0.25, -0.2) is 4.98 Å². The van der Waals surface area contributed by atoms with Gasteiger partial charge in [0, 0.05) is 25.0 Å². The molecule has 5 N–H and O–H groups in total. The largest absolute Gasteiger partial charge is 0.397 e. The van der Waals surface area contributed by atoms with Crippen LogP contribution in [0.1, 0.15) is 24.2 Å². The number of hydrogen-bond acceptors (Lipinski definition) is 5. The van der Waals surface area contributed by atoms with Crippen molar-refractivity contribution >= 4 is 28.8 Å². The van der Waals surface area contributed by atoms with Crippen LogP contribution in [0.2, 0.25) is 0 Å². The molecule has 0 aliphatic carbocycles. The number of aromatic nitrogens is 1. The molecule has 0 saturated carbocycles. The Hall–Kier alpha value is -2.76. The zero-order valence-electron chi connectivity index (χ0n) is 12.8. The van der Waals surface area contributed by atoms with Crippen LogP contribution in [0.15, 0.2) is 36.5 Å². The Labute approximate surface area is 130 Å². The summed E-state index contributed by atoms with van der Waals surface area (Å²) in [5.74, 6) is 0.626. The van der Waals surface area contributed by atoms with Gasteiger partial charge in [-0.3, -0.25) is 4.79 Å². The number of nitrogens with two attached hydrogens (primary N) is 2. The van der Waals surface area contributed by atoms with Gasteiger partial charge in [-0.15, -0.1) is 0 Å². The van der Waals surface area contributed by atoms with Gasteiger partial charge in [0.25, 0.3) is 5.91 Å². The van der Waals surface area contributed by atoms with Gasteiger partial charge < -0.3 is 21.7 Å². The summed E-state index contributed by atoms with van der Waals surface area (Å²) in [7, 11) is 0. The summed E-state index contributed by atoms with van der Waals surface area (Å²) < 4.78 is 0. The van der Waals surface area contributed by atoms with Gasteiger partial charge in [-0.1, -0.05) is 0 Å². The number of nitrogen functional groups attached to an aromatic ring is 2. The average molecular weight is 299 g/mol. The van der Waals surface area contributed by atoms with E-state index in [9.17, 15) is 4.79 Å². The zero-order chi connectivity index (χ0) is 16.1. The van der Waals surface area contributed by atoms with Gasteiger partial charge in [-0.2, -0.15) is 0 Å². The van der Waals surface area contributed by atoms with Crippen molar-refractivity contribution in [1.29, 1.82) is 0 Å². The standard InChI is InChI=1S/C16H21N5O/c1-3-21(4-2)15-8-5-11(10-19-15)16(22)20-12-6-7-13(17)14(18)9-12/h5-10H,3-4,17-18H2,1-2H3,(H,20,22). The highest BCUT2D eigenvalue weighted by atomic mass is 16.1. The van der Waals surface area contributed by atoms with Crippen molar-refractivity contribution in [2.45, 2.75) is 13.8 Å². The van der Waals surface area contributed by atoms with E-state index < -0.39 is 0 Å². The van der Waals surface area contributed by atoms with Crippen LogP contribution in [-0.4, -0.2) is 24.0 Å². The minimum atomic E-state index is -0.234. The van der Waals surface area contributed by atoms with E-state index in [0.29, 0.717) is 22.6 Å². The number of pyridine rings is 1. The fraction of sp³-hybridized carbons (Fsp3) is 0.250. The second kappa shape index (κ2) is 6.80. The van der Waals surface area contributed by atoms with Crippen molar-refractivity contribution in [3.63, 3.8) is 0 Å². The number of anilines is 4. The second-order valence-corrected chi connectivity index (χ2v) is 4.88. The molecule has 0 spiro atoms. The third kappa shape index (κ3) is 3.46. The summed E-state index contributed by atoms with van der Waals surface area (Å²) in [5.41, 5.74) is 13.4. The van der Waals surface area contributed by atoms with Crippen molar-refractivity contribution in [2.24, 2.45) is 0 Å². The maximum atomic E-state index is 12.2. The molecule has 0 aliphatic heterocycles. The predicted octanol–water partition coefficient (Wildman–Crippen LogP) is 2.34. The molecule has 6 heteroatoms. The van der Waals surface area contributed by atoms with E-state index in [4.69, 9.17) is 11.5 Å². The molecule has 2 rings (SSSR count). The molecule has 116 valence electrons. The van der Waals surface area contributed by atoms with Gasteiger partial charge in [0.2, 0.25) is 0 Å². The Morgan fingerprint density at radius 2 is 1.86 bits per heavy atom. The minimum absolute atomic E-state index is 0.234. The quantitative estimate of drug-likeness (QED) is 0.736. The van der Waals surface area contributed by atoms with Crippen LogP contribution in [0.4, 0.5) is 22.9 Å². The predicted molar refractivity (Wildman–Crippen MR) is 91.0 cm³/mol. The summed E-state index contributed by atoms with van der Waals surface area (Å²) in [6.07, 6.45) is 1.57. The van der Waals surface area contributed by atoms with E-state index in [1.165, 1.54) is 0 Å². The number of rotatable bonds is 5. The third-order valence-corrected chi connectivity index (χ3v) is 3.44. The van der Waals surface area contributed by atoms with E-state index >= 15 is 0 Å². The Morgan fingerprint density at radius 3 is 2.41 bits per heavy atom. The van der Waals surface area contributed by atoms with Gasteiger partial charge in [0.05, 0.1) is 16.9 Å². The first-order chi connectivity index (χ1) is 10.5. The number of hydrogen-bond donors (Lipinski definition) is 3. The van der Waals surface area contributed by atoms with Crippen molar-refractivity contribution in [2.75, 3.05) is 34.8 Å². The molecule has 22 heavy (non-hydrogen) atoms. The van der Waals surface area contributed by atoms with Crippen molar-refractivity contribution in [3.8, 4) is 0 Å². The fourth-order valence-electron chi connectivity index (χ4n) is 2.11. The van der Waals surface area contributed by atoms with Crippen molar-refractivity contribution in [1.82, 2.24) is 4.98 Å². The minimum Gasteiger partial charge on any atom is -0.397 e. The Kier molecular flexibility index (Phi) is 4.83. The molecule has 2 aromatic rings. The maximum Gasteiger partial charge on any atom is 0.257 e. The number of amides is 1. The fourth-order valence-corrected chi connectivity index (χ4v) is 2.11. The van der Waals surface area contributed by atoms with E-state index in [1.54, 1.807) is 30.5 Å². The van der Waals surface area contributed by atoms with E-state index in [2.05, 4.69) is 29.0 Å². The highest BCUT2D eigenvalue weighted by molar-refractivity contribution is 6.04. The molecule has 0 bridgehead atoms. The summed E-state index contributed by atoms with van der Waals surface area (Å²) >= 11 is 0. The molecular weight excluding hydrogens is 278 g/mol. The van der Waals surface area contributed by atoms with Crippen LogP contribution >= 0.6 is 0 Å². The molecule has 1 amide bonds. The van der Waals surface area contributed by atoms with Crippen LogP contribution in [0, 0.1) is 0 Å². The lowest BCUT2D eigenvalue weighted by Gasteiger charge is -2.19. The zero-order valence-corrected chi connectivity index (χ0v) is 12.8. The van der Waals surface area contributed by atoms with Gasteiger partial charge in [0.15, 0.2) is 0 Å². The average Bonchev–Trinajstić information content (AvgIpc) is 2.53. The molecular formula is C16H21N5O. The maximum absolute atomic E-state index is 12.2. The number of carbonyl (C=O) groups is 1. The molecule has 1 aromatic heterocycles. The summed E-state index contributed by atoms with van der Waals surface area (Å²) in [5, 5.41) is 2.77. The van der Waals surface area contributed by atoms with Gasteiger partial charge in [-0.05, 0) is 44.2 Å². The van der Waals surface area contributed by atoms with Crippen LogP contribution in [0.25, 0.3) is 0 Å². The first-order valence-corrected chi connectivity index (χ1v) is 7.22. The lowest BCUT2D eigenvalue weighted by atomic mass is 10.2. The first-order valence-electron chi connectivity index (χ1n) is 7.22. The molecule has 0 unspecified atom stereocenters. The molecule has 0 aliphatic rings.